The number of nitrogens with one attached hydrogen (secondary N) is 2. The Labute approximate surface area is 139 Å². The molecule has 0 spiro atoms. The van der Waals surface area contributed by atoms with Gasteiger partial charge >= 0.3 is 0 Å². The minimum absolute atomic E-state index is 0.0850. The van der Waals surface area contributed by atoms with Crippen LogP contribution in [0.3, 0.4) is 0 Å². The SMILES string of the molecule is COc1ccccc1OCCC(=O)NNC(=O)c1cc(C)oc1C. The highest BCUT2D eigenvalue weighted by Gasteiger charge is 2.14. The monoisotopic (exact) mass is 332 g/mol. The zero-order valence-corrected chi connectivity index (χ0v) is 13.8. The van der Waals surface area contributed by atoms with Crippen molar-refractivity contribution in [2.24, 2.45) is 0 Å². The van der Waals surface area contributed by atoms with Crippen LogP contribution in [-0.4, -0.2) is 25.5 Å². The number of hydrogen-bond donors (Lipinski definition) is 2. The Balaban J connectivity index is 1.75. The van der Waals surface area contributed by atoms with Gasteiger partial charge in [0.25, 0.3) is 5.91 Å². The summed E-state index contributed by atoms with van der Waals surface area (Å²) in [6.07, 6.45) is 0.0850. The summed E-state index contributed by atoms with van der Waals surface area (Å²) in [7, 11) is 1.55. The van der Waals surface area contributed by atoms with E-state index in [2.05, 4.69) is 10.9 Å². The van der Waals surface area contributed by atoms with E-state index >= 15 is 0 Å². The molecule has 24 heavy (non-hydrogen) atoms. The van der Waals surface area contributed by atoms with Crippen LogP contribution < -0.4 is 20.3 Å². The molecule has 1 aromatic carbocycles. The third-order valence-electron chi connectivity index (χ3n) is 3.26. The second-order valence-electron chi connectivity index (χ2n) is 5.08. The number of hydrazine groups is 1. The van der Waals surface area contributed by atoms with Gasteiger partial charge < -0.3 is 13.9 Å². The van der Waals surface area contributed by atoms with Gasteiger partial charge in [-0.25, -0.2) is 0 Å². The van der Waals surface area contributed by atoms with Crippen molar-refractivity contribution in [3.05, 3.63) is 47.4 Å². The van der Waals surface area contributed by atoms with Gasteiger partial charge in [-0.15, -0.1) is 0 Å². The number of para-hydroxylation sites is 2. The fourth-order valence-corrected chi connectivity index (χ4v) is 2.10. The molecule has 2 amide bonds. The van der Waals surface area contributed by atoms with Crippen LogP contribution in [0.2, 0.25) is 0 Å². The van der Waals surface area contributed by atoms with E-state index in [1.165, 1.54) is 0 Å². The molecule has 0 aliphatic rings. The highest BCUT2D eigenvalue weighted by molar-refractivity contribution is 5.96. The molecule has 7 nitrogen and oxygen atoms in total. The molecule has 1 aromatic heterocycles. The topological polar surface area (TPSA) is 89.8 Å². The van der Waals surface area contributed by atoms with Crippen LogP contribution in [0.4, 0.5) is 0 Å². The van der Waals surface area contributed by atoms with Crippen LogP contribution in [0.5, 0.6) is 11.5 Å². The van der Waals surface area contributed by atoms with Crippen LogP contribution in [0, 0.1) is 13.8 Å². The number of benzene rings is 1. The average Bonchev–Trinajstić information content (AvgIpc) is 2.91. The summed E-state index contributed by atoms with van der Waals surface area (Å²) >= 11 is 0. The third-order valence-corrected chi connectivity index (χ3v) is 3.26. The van der Waals surface area contributed by atoms with Crippen LogP contribution >= 0.6 is 0 Å². The Bertz CT molecular complexity index is 724. The van der Waals surface area contributed by atoms with E-state index in [4.69, 9.17) is 13.9 Å². The Morgan fingerprint density at radius 1 is 1.12 bits per heavy atom. The van der Waals surface area contributed by atoms with Gasteiger partial charge in [-0.2, -0.15) is 0 Å². The molecule has 0 radical (unpaired) electrons. The summed E-state index contributed by atoms with van der Waals surface area (Å²) in [6, 6.07) is 8.77. The molecule has 7 heteroatoms. The number of furan rings is 1. The van der Waals surface area contributed by atoms with E-state index in [0.29, 0.717) is 28.6 Å². The number of aryl methyl sites for hydroxylation is 2. The molecule has 0 bridgehead atoms. The molecule has 0 atom stereocenters. The fourth-order valence-electron chi connectivity index (χ4n) is 2.10. The van der Waals surface area contributed by atoms with Gasteiger partial charge in [0, 0.05) is 0 Å². The summed E-state index contributed by atoms with van der Waals surface area (Å²) in [5, 5.41) is 0. The highest BCUT2D eigenvalue weighted by atomic mass is 16.5. The van der Waals surface area contributed by atoms with Crippen molar-refractivity contribution < 1.29 is 23.5 Å². The lowest BCUT2D eigenvalue weighted by Gasteiger charge is -2.10. The summed E-state index contributed by atoms with van der Waals surface area (Å²) in [5.74, 6) is 1.49. The minimum atomic E-state index is -0.427. The molecule has 2 rings (SSSR count). The summed E-state index contributed by atoms with van der Waals surface area (Å²) < 4.78 is 15.9. The lowest BCUT2D eigenvalue weighted by Crippen LogP contribution is -2.42. The maximum atomic E-state index is 11.9. The van der Waals surface area contributed by atoms with Crippen molar-refractivity contribution in [2.45, 2.75) is 20.3 Å². The van der Waals surface area contributed by atoms with Crippen LogP contribution in [-0.2, 0) is 4.79 Å². The number of carbonyl (C=O) groups is 2. The second-order valence-corrected chi connectivity index (χ2v) is 5.08. The number of carbonyl (C=O) groups excluding carboxylic acids is 2. The fraction of sp³-hybridized carbons (Fsp3) is 0.294. The van der Waals surface area contributed by atoms with Crippen molar-refractivity contribution in [1.29, 1.82) is 0 Å². The van der Waals surface area contributed by atoms with Gasteiger partial charge in [0.1, 0.15) is 11.5 Å². The van der Waals surface area contributed by atoms with Crippen molar-refractivity contribution in [1.82, 2.24) is 10.9 Å². The Morgan fingerprint density at radius 3 is 2.46 bits per heavy atom. The molecule has 0 fully saturated rings. The zero-order valence-electron chi connectivity index (χ0n) is 13.8. The van der Waals surface area contributed by atoms with Gasteiger partial charge in [-0.1, -0.05) is 12.1 Å². The molecule has 0 saturated heterocycles. The number of hydrogen-bond acceptors (Lipinski definition) is 5. The smallest absolute Gasteiger partial charge is 0.273 e. The molecule has 2 N–H and O–H groups in total. The Morgan fingerprint density at radius 2 is 1.83 bits per heavy atom. The van der Waals surface area contributed by atoms with E-state index in [1.807, 2.05) is 12.1 Å². The van der Waals surface area contributed by atoms with Gasteiger partial charge in [0.05, 0.1) is 25.7 Å². The van der Waals surface area contributed by atoms with Gasteiger partial charge in [0.15, 0.2) is 11.5 Å². The average molecular weight is 332 g/mol. The van der Waals surface area contributed by atoms with E-state index in [0.717, 1.165) is 0 Å². The first kappa shape index (κ1) is 17.4. The molecule has 128 valence electrons. The Hall–Kier alpha value is -2.96. The molecular formula is C17H20N2O5. The first-order valence-electron chi connectivity index (χ1n) is 7.43. The third kappa shape index (κ3) is 4.52. The number of rotatable bonds is 6. The first-order valence-corrected chi connectivity index (χ1v) is 7.43. The molecule has 0 aliphatic carbocycles. The predicted molar refractivity (Wildman–Crippen MR) is 86.9 cm³/mol. The maximum Gasteiger partial charge on any atom is 0.273 e. The molecule has 1 heterocycles. The number of ether oxygens (including phenoxy) is 2. The molecule has 0 saturated carbocycles. The lowest BCUT2D eigenvalue weighted by atomic mass is 10.2. The minimum Gasteiger partial charge on any atom is -0.493 e. The quantitative estimate of drug-likeness (QED) is 0.791. The highest BCUT2D eigenvalue weighted by Crippen LogP contribution is 2.25. The van der Waals surface area contributed by atoms with Crippen LogP contribution in [0.1, 0.15) is 28.3 Å². The van der Waals surface area contributed by atoms with Crippen molar-refractivity contribution in [3.63, 3.8) is 0 Å². The Kier molecular flexibility index (Phi) is 5.83. The van der Waals surface area contributed by atoms with Gasteiger partial charge in [-0.3, -0.25) is 20.4 Å². The number of methoxy groups -OCH3 is 1. The van der Waals surface area contributed by atoms with Crippen molar-refractivity contribution in [2.75, 3.05) is 13.7 Å². The largest absolute Gasteiger partial charge is 0.493 e. The van der Waals surface area contributed by atoms with Crippen molar-refractivity contribution >= 4 is 11.8 Å². The molecular weight excluding hydrogens is 312 g/mol. The second kappa shape index (κ2) is 8.05. The van der Waals surface area contributed by atoms with Gasteiger partial charge in [-0.05, 0) is 32.0 Å². The van der Waals surface area contributed by atoms with E-state index < -0.39 is 5.91 Å². The summed E-state index contributed by atoms with van der Waals surface area (Å²) in [6.45, 7) is 3.59. The normalized spacial score (nSPS) is 10.1. The maximum absolute atomic E-state index is 11.9. The van der Waals surface area contributed by atoms with E-state index in [9.17, 15) is 9.59 Å². The van der Waals surface area contributed by atoms with Crippen LogP contribution in [0.25, 0.3) is 0 Å². The zero-order chi connectivity index (χ0) is 17.5. The van der Waals surface area contributed by atoms with Gasteiger partial charge in [0.2, 0.25) is 5.91 Å². The standard InChI is InChI=1S/C17H20N2O5/c1-11-10-13(12(2)24-11)17(21)19-18-16(20)8-9-23-15-7-5-4-6-14(15)22-3/h4-7,10H,8-9H2,1-3H3,(H,18,20)(H,19,21). The lowest BCUT2D eigenvalue weighted by molar-refractivity contribution is -0.122. The van der Waals surface area contributed by atoms with E-state index in [-0.39, 0.29) is 18.9 Å². The van der Waals surface area contributed by atoms with Crippen LogP contribution in [0.15, 0.2) is 34.7 Å². The first-order chi connectivity index (χ1) is 11.5. The summed E-state index contributed by atoms with van der Waals surface area (Å²) in [5.41, 5.74) is 5.07. The summed E-state index contributed by atoms with van der Waals surface area (Å²) in [4.78, 5) is 23.7. The molecule has 0 unspecified atom stereocenters. The molecule has 2 aromatic rings. The van der Waals surface area contributed by atoms with E-state index in [1.54, 1.807) is 39.2 Å². The number of amides is 2. The molecule has 0 aliphatic heterocycles. The van der Waals surface area contributed by atoms with Crippen molar-refractivity contribution in [3.8, 4) is 11.5 Å². The predicted octanol–water partition coefficient (Wildman–Crippen LogP) is 2.14.